The van der Waals surface area contributed by atoms with Gasteiger partial charge in [-0.1, -0.05) is 30.3 Å². The Kier molecular flexibility index (Phi) is 7.04. The van der Waals surface area contributed by atoms with Crippen LogP contribution in [0.1, 0.15) is 18.7 Å². The Morgan fingerprint density at radius 3 is 2.70 bits per heavy atom. The lowest BCUT2D eigenvalue weighted by Gasteiger charge is -2.04. The number of benzene rings is 2. The van der Waals surface area contributed by atoms with E-state index >= 15 is 0 Å². The quantitative estimate of drug-likeness (QED) is 0.429. The van der Waals surface area contributed by atoms with Crippen LogP contribution in [-0.2, 0) is 11.2 Å². The van der Waals surface area contributed by atoms with E-state index in [1.807, 2.05) is 18.2 Å². The van der Waals surface area contributed by atoms with Gasteiger partial charge in [-0.05, 0) is 36.4 Å². The summed E-state index contributed by atoms with van der Waals surface area (Å²) in [5, 5.41) is 2.91. The van der Waals surface area contributed by atoms with E-state index in [0.717, 1.165) is 12.2 Å². The predicted molar refractivity (Wildman–Crippen MR) is 105 cm³/mol. The highest BCUT2D eigenvalue weighted by molar-refractivity contribution is 7.99. The Morgan fingerprint density at radius 2 is 1.89 bits per heavy atom. The first kappa shape index (κ1) is 19.2. The third-order valence-corrected chi connectivity index (χ3v) is 5.01. The lowest BCUT2D eigenvalue weighted by Crippen LogP contribution is -2.25. The summed E-state index contributed by atoms with van der Waals surface area (Å²) in [6.45, 7) is 0.644. The van der Waals surface area contributed by atoms with Crippen LogP contribution in [0, 0.1) is 5.82 Å². The molecule has 4 nitrogen and oxygen atoms in total. The van der Waals surface area contributed by atoms with E-state index in [4.69, 9.17) is 4.42 Å². The third kappa shape index (κ3) is 5.96. The molecular formula is C21H21FN2O2S. The largest absolute Gasteiger partial charge is 0.441 e. The molecule has 0 aliphatic carbocycles. The number of rotatable bonds is 9. The Balaban J connectivity index is 1.35. The van der Waals surface area contributed by atoms with E-state index in [1.54, 1.807) is 30.0 Å². The van der Waals surface area contributed by atoms with Gasteiger partial charge in [0.15, 0.2) is 11.7 Å². The average molecular weight is 384 g/mol. The van der Waals surface area contributed by atoms with E-state index < -0.39 is 0 Å². The molecule has 1 aromatic heterocycles. The highest BCUT2D eigenvalue weighted by Crippen LogP contribution is 2.23. The standard InChI is InChI=1S/C21H21FN2O2S/c22-18-10-5-4-9-17(18)19-15-24-21(26-19)12-11-20(25)23-13-6-14-27-16-7-2-1-3-8-16/h1-5,7-10,15H,6,11-14H2,(H,23,25). The second kappa shape index (κ2) is 9.92. The molecule has 0 bridgehead atoms. The molecule has 1 heterocycles. The summed E-state index contributed by atoms with van der Waals surface area (Å²) in [4.78, 5) is 17.3. The van der Waals surface area contributed by atoms with Crippen molar-refractivity contribution in [3.8, 4) is 11.3 Å². The van der Waals surface area contributed by atoms with Crippen LogP contribution in [0.25, 0.3) is 11.3 Å². The SMILES string of the molecule is O=C(CCc1ncc(-c2ccccc2F)o1)NCCCSc1ccccc1. The lowest BCUT2D eigenvalue weighted by molar-refractivity contribution is -0.121. The van der Waals surface area contributed by atoms with Crippen molar-refractivity contribution in [2.75, 3.05) is 12.3 Å². The number of amides is 1. The smallest absolute Gasteiger partial charge is 0.220 e. The van der Waals surface area contributed by atoms with Crippen molar-refractivity contribution in [3.05, 3.63) is 72.5 Å². The molecule has 3 rings (SSSR count). The fourth-order valence-corrected chi connectivity index (χ4v) is 3.40. The Hall–Kier alpha value is -2.60. The molecule has 0 saturated carbocycles. The van der Waals surface area contributed by atoms with Gasteiger partial charge in [-0.25, -0.2) is 9.37 Å². The van der Waals surface area contributed by atoms with Crippen LogP contribution < -0.4 is 5.32 Å². The van der Waals surface area contributed by atoms with Gasteiger partial charge in [0.2, 0.25) is 5.91 Å². The topological polar surface area (TPSA) is 55.1 Å². The molecule has 2 aromatic carbocycles. The molecule has 0 saturated heterocycles. The maximum atomic E-state index is 13.8. The average Bonchev–Trinajstić information content (AvgIpc) is 3.16. The summed E-state index contributed by atoms with van der Waals surface area (Å²) in [6, 6.07) is 16.6. The van der Waals surface area contributed by atoms with Crippen LogP contribution in [0.5, 0.6) is 0 Å². The minimum absolute atomic E-state index is 0.0367. The number of nitrogens with one attached hydrogen (secondary N) is 1. The molecule has 140 valence electrons. The molecule has 0 aliphatic rings. The zero-order valence-electron chi connectivity index (χ0n) is 14.9. The Bertz CT molecular complexity index is 867. The highest BCUT2D eigenvalue weighted by Gasteiger charge is 2.11. The second-order valence-corrected chi connectivity index (χ2v) is 7.13. The number of thioether (sulfide) groups is 1. The number of aromatic nitrogens is 1. The summed E-state index contributed by atoms with van der Waals surface area (Å²) in [5.74, 6) is 1.37. The van der Waals surface area contributed by atoms with Gasteiger partial charge < -0.3 is 9.73 Å². The molecule has 0 unspecified atom stereocenters. The molecule has 3 aromatic rings. The number of hydrogen-bond acceptors (Lipinski definition) is 4. The first-order valence-electron chi connectivity index (χ1n) is 8.86. The van der Waals surface area contributed by atoms with Crippen molar-refractivity contribution < 1.29 is 13.6 Å². The molecule has 0 fully saturated rings. The first-order chi connectivity index (χ1) is 13.2. The molecule has 1 N–H and O–H groups in total. The van der Waals surface area contributed by atoms with E-state index in [9.17, 15) is 9.18 Å². The van der Waals surface area contributed by atoms with E-state index in [0.29, 0.717) is 36.6 Å². The van der Waals surface area contributed by atoms with E-state index in [1.165, 1.54) is 17.2 Å². The first-order valence-corrected chi connectivity index (χ1v) is 9.85. The Labute approximate surface area is 162 Å². The fraction of sp³-hybridized carbons (Fsp3) is 0.238. The van der Waals surface area contributed by atoms with Crippen molar-refractivity contribution >= 4 is 17.7 Å². The molecule has 27 heavy (non-hydrogen) atoms. The van der Waals surface area contributed by atoms with Gasteiger partial charge in [-0.3, -0.25) is 4.79 Å². The van der Waals surface area contributed by atoms with Gasteiger partial charge in [0.05, 0.1) is 11.8 Å². The van der Waals surface area contributed by atoms with Gasteiger partial charge in [0, 0.05) is 24.3 Å². The van der Waals surface area contributed by atoms with Crippen molar-refractivity contribution in [2.24, 2.45) is 0 Å². The summed E-state index contributed by atoms with van der Waals surface area (Å²) >= 11 is 1.78. The van der Waals surface area contributed by atoms with Gasteiger partial charge in [-0.15, -0.1) is 11.8 Å². The molecular weight excluding hydrogens is 363 g/mol. The van der Waals surface area contributed by atoms with Crippen LogP contribution in [0.15, 0.2) is 70.1 Å². The monoisotopic (exact) mass is 384 g/mol. The number of carbonyl (C=O) groups excluding carboxylic acids is 1. The molecule has 0 aliphatic heterocycles. The highest BCUT2D eigenvalue weighted by atomic mass is 32.2. The number of halogens is 1. The van der Waals surface area contributed by atoms with Gasteiger partial charge in [0.25, 0.3) is 0 Å². The number of hydrogen-bond donors (Lipinski definition) is 1. The normalized spacial score (nSPS) is 10.7. The van der Waals surface area contributed by atoms with Crippen molar-refractivity contribution in [3.63, 3.8) is 0 Å². The van der Waals surface area contributed by atoms with Crippen molar-refractivity contribution in [2.45, 2.75) is 24.2 Å². The van der Waals surface area contributed by atoms with Crippen molar-refractivity contribution in [1.29, 1.82) is 0 Å². The maximum Gasteiger partial charge on any atom is 0.220 e. The van der Waals surface area contributed by atoms with Crippen LogP contribution in [-0.4, -0.2) is 23.2 Å². The van der Waals surface area contributed by atoms with E-state index in [-0.39, 0.29) is 11.7 Å². The zero-order valence-corrected chi connectivity index (χ0v) is 15.7. The second-order valence-electron chi connectivity index (χ2n) is 5.96. The summed E-state index contributed by atoms with van der Waals surface area (Å²) < 4.78 is 19.3. The van der Waals surface area contributed by atoms with Crippen LogP contribution in [0.2, 0.25) is 0 Å². The maximum absolute atomic E-state index is 13.8. The number of carbonyl (C=O) groups is 1. The molecule has 1 amide bonds. The number of aryl methyl sites for hydroxylation is 1. The van der Waals surface area contributed by atoms with Crippen LogP contribution in [0.3, 0.4) is 0 Å². The molecule has 0 spiro atoms. The van der Waals surface area contributed by atoms with Crippen LogP contribution >= 0.6 is 11.8 Å². The minimum atomic E-state index is -0.355. The van der Waals surface area contributed by atoms with Gasteiger partial charge in [0.1, 0.15) is 5.82 Å². The number of oxazole rings is 1. The lowest BCUT2D eigenvalue weighted by atomic mass is 10.2. The molecule has 0 radical (unpaired) electrons. The van der Waals surface area contributed by atoms with Crippen LogP contribution in [0.4, 0.5) is 4.39 Å². The molecule has 6 heteroatoms. The predicted octanol–water partition coefficient (Wildman–Crippen LogP) is 4.71. The third-order valence-electron chi connectivity index (χ3n) is 3.91. The summed E-state index contributed by atoms with van der Waals surface area (Å²) in [7, 11) is 0. The molecule has 0 atom stereocenters. The zero-order chi connectivity index (χ0) is 18.9. The number of nitrogens with zero attached hydrogens (tertiary/aromatic N) is 1. The summed E-state index contributed by atoms with van der Waals surface area (Å²) in [6.07, 6.45) is 3.08. The fourth-order valence-electron chi connectivity index (χ4n) is 2.53. The minimum Gasteiger partial charge on any atom is -0.441 e. The van der Waals surface area contributed by atoms with Crippen molar-refractivity contribution in [1.82, 2.24) is 10.3 Å². The van der Waals surface area contributed by atoms with Gasteiger partial charge >= 0.3 is 0 Å². The summed E-state index contributed by atoms with van der Waals surface area (Å²) in [5.41, 5.74) is 0.372. The van der Waals surface area contributed by atoms with E-state index in [2.05, 4.69) is 22.4 Å². The Morgan fingerprint density at radius 1 is 1.11 bits per heavy atom. The van der Waals surface area contributed by atoms with Gasteiger partial charge in [-0.2, -0.15) is 0 Å².